The van der Waals surface area contributed by atoms with Gasteiger partial charge in [-0.15, -0.1) is 11.3 Å². The second-order valence-corrected chi connectivity index (χ2v) is 6.74. The Kier molecular flexibility index (Phi) is 3.47. The van der Waals surface area contributed by atoms with Gasteiger partial charge in [-0.25, -0.2) is 4.98 Å². The molecule has 0 saturated heterocycles. The molecule has 0 N–H and O–H groups in total. The van der Waals surface area contributed by atoms with Crippen molar-refractivity contribution in [2.45, 2.75) is 24.6 Å². The smallest absolute Gasteiger partial charge is 0.195 e. The number of imidazole rings is 1. The van der Waals surface area contributed by atoms with E-state index in [1.807, 2.05) is 0 Å². The van der Waals surface area contributed by atoms with E-state index in [-0.39, 0.29) is 0 Å². The number of nitrogens with zero attached hydrogens (tertiary/aromatic N) is 3. The molecule has 3 heterocycles. The number of fused-ring (bicyclic) bond motifs is 2. The molecule has 0 saturated carbocycles. The van der Waals surface area contributed by atoms with Crippen LogP contribution in [0.4, 0.5) is 11.5 Å². The van der Waals surface area contributed by atoms with Crippen LogP contribution in [0.3, 0.4) is 0 Å². The lowest BCUT2D eigenvalue weighted by Gasteiger charge is -2.23. The summed E-state index contributed by atoms with van der Waals surface area (Å²) in [6.07, 6.45) is 5.73. The maximum atomic E-state index is 4.89. The third-order valence-corrected chi connectivity index (χ3v) is 5.37. The summed E-state index contributed by atoms with van der Waals surface area (Å²) in [4.78, 5) is 8.36. The number of rotatable bonds is 2. The summed E-state index contributed by atoms with van der Waals surface area (Å²) in [6, 6.07) is 8.74. The lowest BCUT2D eigenvalue weighted by atomic mass is 10.1. The van der Waals surface area contributed by atoms with Crippen LogP contribution in [0.5, 0.6) is 0 Å². The molecule has 2 aromatic heterocycles. The number of anilines is 2. The van der Waals surface area contributed by atoms with E-state index in [0.717, 1.165) is 22.7 Å². The molecule has 1 aromatic carbocycles. The molecule has 1 aliphatic rings. The molecule has 0 aliphatic carbocycles. The van der Waals surface area contributed by atoms with Crippen LogP contribution in [-0.2, 0) is 11.8 Å². The number of aryl methyl sites for hydroxylation is 1. The van der Waals surface area contributed by atoms with Gasteiger partial charge >= 0.3 is 0 Å². The van der Waals surface area contributed by atoms with Gasteiger partial charge in [-0.1, -0.05) is 34.1 Å². The number of aromatic nitrogens is 2. The number of hydrogen-bond acceptors (Lipinski definition) is 3. The first kappa shape index (κ1) is 13.3. The molecular weight excluding hydrogens is 346 g/mol. The fourth-order valence-electron chi connectivity index (χ4n) is 3.07. The molecule has 0 unspecified atom stereocenters. The van der Waals surface area contributed by atoms with Crippen molar-refractivity contribution in [2.75, 3.05) is 11.4 Å². The van der Waals surface area contributed by atoms with Crippen molar-refractivity contribution in [1.29, 1.82) is 0 Å². The molecule has 0 radical (unpaired) electrons. The molecule has 0 atom stereocenters. The van der Waals surface area contributed by atoms with E-state index in [2.05, 4.69) is 61.1 Å². The number of benzene rings is 1. The molecule has 4 rings (SSSR count). The molecule has 3 nitrogen and oxygen atoms in total. The molecule has 1 aliphatic heterocycles. The minimum atomic E-state index is 0.818. The van der Waals surface area contributed by atoms with Gasteiger partial charge in [0.2, 0.25) is 0 Å². The number of hydrogen-bond donors (Lipinski definition) is 0. The predicted octanol–water partition coefficient (Wildman–Crippen LogP) is 4.77. The van der Waals surface area contributed by atoms with Gasteiger partial charge in [-0.3, -0.25) is 4.40 Å². The average Bonchev–Trinajstić information content (AvgIpc) is 3.02. The lowest BCUT2D eigenvalue weighted by molar-refractivity contribution is 0.757. The Hall–Kier alpha value is -1.33. The standard InChI is InChI=1S/C16H16BrN3S/c17-11-14-15(18-16-20(14)9-10-21-16)19-8-4-3-6-12-5-1-2-7-13(12)19/h1-2,5,7,9-10H,3-4,6,8,11H2. The molecule has 0 bridgehead atoms. The Balaban J connectivity index is 1.89. The minimum absolute atomic E-state index is 0.818. The molecule has 0 fully saturated rings. The normalized spacial score (nSPS) is 15.2. The van der Waals surface area contributed by atoms with E-state index < -0.39 is 0 Å². The highest BCUT2D eigenvalue weighted by molar-refractivity contribution is 9.08. The van der Waals surface area contributed by atoms with E-state index in [9.17, 15) is 0 Å². The molecule has 0 spiro atoms. The quantitative estimate of drug-likeness (QED) is 0.613. The van der Waals surface area contributed by atoms with Crippen molar-refractivity contribution < 1.29 is 0 Å². The van der Waals surface area contributed by atoms with Crippen LogP contribution >= 0.6 is 27.3 Å². The van der Waals surface area contributed by atoms with Crippen molar-refractivity contribution in [3.05, 3.63) is 47.1 Å². The Bertz CT molecular complexity index is 777. The highest BCUT2D eigenvalue weighted by atomic mass is 79.9. The largest absolute Gasteiger partial charge is 0.325 e. The van der Waals surface area contributed by atoms with Crippen molar-refractivity contribution in [3.63, 3.8) is 0 Å². The van der Waals surface area contributed by atoms with Crippen LogP contribution in [0.2, 0.25) is 0 Å². The Morgan fingerprint density at radius 3 is 3.05 bits per heavy atom. The second-order valence-electron chi connectivity index (χ2n) is 5.31. The van der Waals surface area contributed by atoms with Crippen molar-refractivity contribution in [3.8, 4) is 0 Å². The zero-order chi connectivity index (χ0) is 14.2. The summed E-state index contributed by atoms with van der Waals surface area (Å²) < 4.78 is 2.20. The van der Waals surface area contributed by atoms with E-state index >= 15 is 0 Å². The molecule has 3 aromatic rings. The van der Waals surface area contributed by atoms with E-state index in [1.165, 1.54) is 36.2 Å². The number of thiazole rings is 1. The van der Waals surface area contributed by atoms with Gasteiger partial charge < -0.3 is 4.90 Å². The van der Waals surface area contributed by atoms with Crippen LogP contribution < -0.4 is 4.90 Å². The maximum Gasteiger partial charge on any atom is 0.195 e. The van der Waals surface area contributed by atoms with E-state index in [1.54, 1.807) is 11.3 Å². The third kappa shape index (κ3) is 2.19. The molecule has 0 amide bonds. The van der Waals surface area contributed by atoms with Crippen molar-refractivity contribution >= 4 is 43.7 Å². The van der Waals surface area contributed by atoms with Gasteiger partial charge in [0.25, 0.3) is 0 Å². The summed E-state index contributed by atoms with van der Waals surface area (Å²) in [5.41, 5.74) is 4.00. The molecular formula is C16H16BrN3S. The SMILES string of the molecule is BrCc1c(N2CCCCc3ccccc32)nc2sccn12. The third-order valence-electron chi connectivity index (χ3n) is 4.08. The summed E-state index contributed by atoms with van der Waals surface area (Å²) in [7, 11) is 0. The Labute approximate surface area is 136 Å². The monoisotopic (exact) mass is 361 g/mol. The summed E-state index contributed by atoms with van der Waals surface area (Å²) in [5.74, 6) is 1.10. The van der Waals surface area contributed by atoms with Gasteiger partial charge in [0, 0.05) is 29.1 Å². The zero-order valence-corrected chi connectivity index (χ0v) is 14.0. The Morgan fingerprint density at radius 2 is 2.14 bits per heavy atom. The van der Waals surface area contributed by atoms with Crippen molar-refractivity contribution in [2.24, 2.45) is 0 Å². The minimum Gasteiger partial charge on any atom is -0.325 e. The number of alkyl halides is 1. The topological polar surface area (TPSA) is 20.5 Å². The van der Waals surface area contributed by atoms with Crippen molar-refractivity contribution in [1.82, 2.24) is 9.38 Å². The van der Waals surface area contributed by atoms with E-state index in [0.29, 0.717) is 0 Å². The first-order chi connectivity index (χ1) is 10.4. The summed E-state index contributed by atoms with van der Waals surface area (Å²) in [6.45, 7) is 1.04. The fourth-order valence-corrected chi connectivity index (χ4v) is 4.32. The summed E-state index contributed by atoms with van der Waals surface area (Å²) >= 11 is 5.33. The van der Waals surface area contributed by atoms with Crippen LogP contribution in [0.15, 0.2) is 35.8 Å². The van der Waals surface area contributed by atoms with Gasteiger partial charge in [0.1, 0.15) is 0 Å². The van der Waals surface area contributed by atoms with Crippen LogP contribution in [-0.4, -0.2) is 15.9 Å². The fraction of sp³-hybridized carbons (Fsp3) is 0.312. The summed E-state index contributed by atoms with van der Waals surface area (Å²) in [5, 5.41) is 2.91. The molecule has 21 heavy (non-hydrogen) atoms. The average molecular weight is 362 g/mol. The first-order valence-electron chi connectivity index (χ1n) is 7.24. The second kappa shape index (κ2) is 5.46. The van der Waals surface area contributed by atoms with Crippen LogP contribution in [0.25, 0.3) is 4.96 Å². The van der Waals surface area contributed by atoms with Gasteiger partial charge in [0.05, 0.1) is 5.69 Å². The number of halogens is 1. The molecule has 108 valence electrons. The zero-order valence-electron chi connectivity index (χ0n) is 11.6. The van der Waals surface area contributed by atoms with Gasteiger partial charge in [-0.05, 0) is 30.9 Å². The maximum absolute atomic E-state index is 4.89. The predicted molar refractivity (Wildman–Crippen MR) is 92.1 cm³/mol. The van der Waals surface area contributed by atoms with Gasteiger partial charge in [-0.2, -0.15) is 0 Å². The highest BCUT2D eigenvalue weighted by Crippen LogP contribution is 2.35. The van der Waals surface area contributed by atoms with Crippen LogP contribution in [0, 0.1) is 0 Å². The highest BCUT2D eigenvalue weighted by Gasteiger charge is 2.22. The van der Waals surface area contributed by atoms with Crippen LogP contribution in [0.1, 0.15) is 24.1 Å². The molecule has 5 heteroatoms. The van der Waals surface area contributed by atoms with Gasteiger partial charge in [0.15, 0.2) is 10.8 Å². The Morgan fingerprint density at radius 1 is 1.24 bits per heavy atom. The first-order valence-corrected chi connectivity index (χ1v) is 9.24. The number of para-hydroxylation sites is 1. The van der Waals surface area contributed by atoms with E-state index in [4.69, 9.17) is 4.98 Å². The lowest BCUT2D eigenvalue weighted by Crippen LogP contribution is -2.19.